The van der Waals surface area contributed by atoms with Gasteiger partial charge >= 0.3 is 0 Å². The van der Waals surface area contributed by atoms with E-state index in [0.29, 0.717) is 18.2 Å². The number of hydrogen-bond acceptors (Lipinski definition) is 6. The highest BCUT2D eigenvalue weighted by Gasteiger charge is 2.55. The van der Waals surface area contributed by atoms with Crippen LogP contribution in [0.5, 0.6) is 0 Å². The van der Waals surface area contributed by atoms with Gasteiger partial charge in [0.2, 0.25) is 5.95 Å². The second-order valence-corrected chi connectivity index (χ2v) is 11.4. The molecule has 1 saturated carbocycles. The number of carbonyl (C=O) groups is 1. The van der Waals surface area contributed by atoms with Crippen LogP contribution in [-0.2, 0) is 0 Å². The molecule has 5 N–H and O–H groups in total. The van der Waals surface area contributed by atoms with Crippen LogP contribution in [0.1, 0.15) is 50.4 Å². The number of nitrogens with zero attached hydrogens (tertiary/aromatic N) is 2. The third kappa shape index (κ3) is 4.98. The molecular weight excluding hydrogens is 359 g/mol. The Labute approximate surface area is 180 Å². The molecule has 29 heavy (non-hydrogen) atoms. The van der Waals surface area contributed by atoms with Gasteiger partial charge in [0.05, 0.1) is 29.1 Å². The van der Waals surface area contributed by atoms with E-state index < -0.39 is 16.8 Å². The van der Waals surface area contributed by atoms with E-state index in [1.807, 2.05) is 28.6 Å². The summed E-state index contributed by atoms with van der Waals surface area (Å²) < 4.78 is 0. The molecule has 0 spiro atoms. The molecule has 1 aromatic heterocycles. The quantitative estimate of drug-likeness (QED) is 0.378. The first-order valence-corrected chi connectivity index (χ1v) is 10.3. The Morgan fingerprint density at radius 1 is 1.21 bits per heavy atom. The molecule has 3 unspecified atom stereocenters. The summed E-state index contributed by atoms with van der Waals surface area (Å²) in [6.45, 7) is 6.04. The molecule has 1 aromatic rings. The monoisotopic (exact) mass is 393 g/mol. The van der Waals surface area contributed by atoms with Gasteiger partial charge < -0.3 is 21.5 Å². The van der Waals surface area contributed by atoms with E-state index in [4.69, 9.17) is 5.73 Å². The molecule has 0 aliphatic heterocycles. The van der Waals surface area contributed by atoms with Crippen molar-refractivity contribution in [3.63, 3.8) is 0 Å². The van der Waals surface area contributed by atoms with E-state index >= 15 is 0 Å². The lowest BCUT2D eigenvalue weighted by atomic mass is 9.21. The van der Waals surface area contributed by atoms with Crippen molar-refractivity contribution in [3.8, 4) is 0 Å². The van der Waals surface area contributed by atoms with Crippen molar-refractivity contribution >= 4 is 64.8 Å². The fourth-order valence-electron chi connectivity index (χ4n) is 4.47. The standard InChI is InChI=1S/C16H33B6N5O2/c1-12(2,3)27-11-24-6-8(9(23)28)10(25-11)26-13(17)4-5-14(18,16(20,21)22)15(19,29)7-13/h6,29H,4-5,7,17-22H2,1-3H3,(H2,23,28)(H2,24,25,26,27). The van der Waals surface area contributed by atoms with Crippen LogP contribution in [0.2, 0.25) is 10.4 Å². The summed E-state index contributed by atoms with van der Waals surface area (Å²) in [7, 11) is 12.7. The fourth-order valence-corrected chi connectivity index (χ4v) is 4.47. The minimum Gasteiger partial charge on any atom is -0.399 e. The van der Waals surface area contributed by atoms with E-state index in [-0.39, 0.29) is 21.5 Å². The van der Waals surface area contributed by atoms with Crippen molar-refractivity contribution in [2.45, 2.75) is 66.9 Å². The van der Waals surface area contributed by atoms with E-state index in [2.05, 4.69) is 59.8 Å². The van der Waals surface area contributed by atoms with Gasteiger partial charge in [0.15, 0.2) is 0 Å². The zero-order chi connectivity index (χ0) is 22.5. The summed E-state index contributed by atoms with van der Waals surface area (Å²) >= 11 is 0. The van der Waals surface area contributed by atoms with Gasteiger partial charge in [0.1, 0.15) is 29.4 Å². The number of nitrogens with two attached hydrogens (primary N) is 1. The maximum Gasteiger partial charge on any atom is 0.254 e. The van der Waals surface area contributed by atoms with Crippen LogP contribution < -0.4 is 16.4 Å². The lowest BCUT2D eigenvalue weighted by Gasteiger charge is -2.60. The Balaban J connectivity index is 2.38. The first-order valence-electron chi connectivity index (χ1n) is 10.3. The number of amides is 1. The average Bonchev–Trinajstić information content (AvgIpc) is 2.47. The summed E-state index contributed by atoms with van der Waals surface area (Å²) in [6.07, 6.45) is 3.66. The highest BCUT2D eigenvalue weighted by Crippen LogP contribution is 2.59. The van der Waals surface area contributed by atoms with Crippen LogP contribution in [-0.4, -0.2) is 84.5 Å². The molecule has 0 radical (unpaired) electrons. The van der Waals surface area contributed by atoms with Crippen LogP contribution >= 0.6 is 0 Å². The summed E-state index contributed by atoms with van der Waals surface area (Å²) in [5.41, 5.74) is 4.26. The average molecular weight is 392 g/mol. The van der Waals surface area contributed by atoms with E-state index in [9.17, 15) is 9.90 Å². The van der Waals surface area contributed by atoms with Crippen molar-refractivity contribution in [2.75, 3.05) is 10.6 Å². The summed E-state index contributed by atoms with van der Waals surface area (Å²) in [5.74, 6) is 0.244. The maximum absolute atomic E-state index is 12.0. The van der Waals surface area contributed by atoms with Gasteiger partial charge in [-0.25, -0.2) is 4.98 Å². The number of anilines is 2. The lowest BCUT2D eigenvalue weighted by Crippen LogP contribution is -2.62. The zero-order valence-electron chi connectivity index (χ0n) is 19.5. The third-order valence-electron chi connectivity index (χ3n) is 6.72. The van der Waals surface area contributed by atoms with Gasteiger partial charge in [0, 0.05) is 22.7 Å². The Kier molecular flexibility index (Phi) is 6.01. The first-order chi connectivity index (χ1) is 12.9. The predicted molar refractivity (Wildman–Crippen MR) is 136 cm³/mol. The Bertz CT molecular complexity index is 797. The molecule has 1 fully saturated rings. The molecule has 1 amide bonds. The van der Waals surface area contributed by atoms with Crippen molar-refractivity contribution in [2.24, 2.45) is 5.73 Å². The van der Waals surface area contributed by atoms with E-state index in [1.165, 1.54) is 6.20 Å². The summed E-state index contributed by atoms with van der Waals surface area (Å²) in [5, 5.41) is 17.8. The molecular formula is C16H33B6N5O2. The van der Waals surface area contributed by atoms with Gasteiger partial charge in [-0.1, -0.05) is 11.7 Å². The number of primary amides is 1. The largest absolute Gasteiger partial charge is 0.399 e. The molecule has 0 saturated heterocycles. The molecule has 0 bridgehead atoms. The molecule has 7 nitrogen and oxygen atoms in total. The third-order valence-corrected chi connectivity index (χ3v) is 6.72. The predicted octanol–water partition coefficient (Wildman–Crippen LogP) is -4.20. The van der Waals surface area contributed by atoms with Crippen molar-refractivity contribution < 1.29 is 9.90 Å². The van der Waals surface area contributed by atoms with Gasteiger partial charge in [-0.15, -0.1) is 5.11 Å². The van der Waals surface area contributed by atoms with Gasteiger partial charge in [-0.2, -0.15) is 4.98 Å². The van der Waals surface area contributed by atoms with Crippen LogP contribution in [0.25, 0.3) is 0 Å². The lowest BCUT2D eigenvalue weighted by molar-refractivity contribution is 0.0274. The summed E-state index contributed by atoms with van der Waals surface area (Å²) in [6, 6.07) is 0. The molecule has 1 aliphatic rings. The number of carbonyl (C=O) groups excluding carboxylic acids is 1. The summed E-state index contributed by atoms with van der Waals surface area (Å²) in [4.78, 5) is 20.7. The molecule has 13 heteroatoms. The van der Waals surface area contributed by atoms with Gasteiger partial charge in [-0.05, 0) is 33.6 Å². The van der Waals surface area contributed by atoms with Gasteiger partial charge in [0.25, 0.3) is 5.91 Å². The van der Waals surface area contributed by atoms with Gasteiger partial charge in [-0.3, -0.25) is 4.79 Å². The van der Waals surface area contributed by atoms with Crippen molar-refractivity contribution in [3.05, 3.63) is 11.8 Å². The number of nitrogens with one attached hydrogen (secondary N) is 2. The fraction of sp³-hybridized carbons (Fsp3) is 0.688. The molecule has 2 rings (SSSR count). The highest BCUT2D eigenvalue weighted by atomic mass is 16.3. The minimum absolute atomic E-state index is 0.0467. The number of aromatic nitrogens is 2. The van der Waals surface area contributed by atoms with Crippen molar-refractivity contribution in [1.82, 2.24) is 9.97 Å². The molecule has 1 aliphatic carbocycles. The molecule has 0 aromatic carbocycles. The van der Waals surface area contributed by atoms with Crippen molar-refractivity contribution in [1.29, 1.82) is 0 Å². The Hall–Kier alpha value is -1.50. The number of aliphatic hydroxyl groups is 1. The normalized spacial score (nSPS) is 30.5. The maximum atomic E-state index is 12.0. The Morgan fingerprint density at radius 2 is 1.79 bits per heavy atom. The van der Waals surface area contributed by atoms with E-state index in [1.54, 1.807) is 0 Å². The van der Waals surface area contributed by atoms with E-state index in [0.717, 1.165) is 12.8 Å². The first kappa shape index (κ1) is 23.8. The van der Waals surface area contributed by atoms with Crippen LogP contribution in [0, 0.1) is 0 Å². The van der Waals surface area contributed by atoms with Crippen LogP contribution in [0.4, 0.5) is 11.8 Å². The molecule has 152 valence electrons. The molecule has 3 atom stereocenters. The number of rotatable bonds is 5. The second-order valence-electron chi connectivity index (χ2n) is 11.4. The second kappa shape index (κ2) is 7.33. The highest BCUT2D eigenvalue weighted by molar-refractivity contribution is 6.63. The number of hydrogen-bond donors (Lipinski definition) is 4. The van der Waals surface area contributed by atoms with Crippen LogP contribution in [0.3, 0.4) is 0 Å². The minimum atomic E-state index is -0.891. The topological polar surface area (TPSA) is 113 Å². The smallest absolute Gasteiger partial charge is 0.254 e. The SMILES string of the molecule is BC1(Nc2nc(NC(C)(C)C)ncc2C(N)=O)CCC(B)(C(B)(B)B)C(B)(O)C1. The Morgan fingerprint density at radius 3 is 2.24 bits per heavy atom. The van der Waals surface area contributed by atoms with Crippen LogP contribution in [0.15, 0.2) is 6.20 Å². The molecule has 1 heterocycles. The zero-order valence-corrected chi connectivity index (χ0v) is 19.5.